The first-order valence-electron chi connectivity index (χ1n) is 8.79. The minimum absolute atomic E-state index is 0.00759. The van der Waals surface area contributed by atoms with Crippen LogP contribution in [-0.2, 0) is 0 Å². The van der Waals surface area contributed by atoms with Crippen molar-refractivity contribution in [1.82, 2.24) is 0 Å². The lowest BCUT2D eigenvalue weighted by Gasteiger charge is -2.51. The van der Waals surface area contributed by atoms with Crippen LogP contribution in [0.4, 0.5) is 0 Å². The molecule has 2 rings (SSSR count). The van der Waals surface area contributed by atoms with Crippen LogP contribution >= 0.6 is 0 Å². The quantitative estimate of drug-likeness (QED) is 0.760. The van der Waals surface area contributed by atoms with Gasteiger partial charge in [-0.2, -0.15) is 0 Å². The Bertz CT molecular complexity index is 327. The van der Waals surface area contributed by atoms with Crippen LogP contribution in [0.3, 0.4) is 0 Å². The zero-order valence-electron chi connectivity index (χ0n) is 13.9. The predicted octanol–water partition coefficient (Wildman–Crippen LogP) is 4.25. The lowest BCUT2D eigenvalue weighted by molar-refractivity contribution is -0.119. The summed E-state index contributed by atoms with van der Waals surface area (Å²) in [4.78, 5) is 0. The molecule has 3 unspecified atom stereocenters. The summed E-state index contributed by atoms with van der Waals surface area (Å²) in [6.07, 6.45) is 11.6. The molecule has 0 radical (unpaired) electrons. The van der Waals surface area contributed by atoms with Gasteiger partial charge in [0.1, 0.15) is 0 Å². The minimum atomic E-state index is -0.511. The van der Waals surface area contributed by atoms with E-state index in [1.54, 1.807) is 0 Å². The molecule has 20 heavy (non-hydrogen) atoms. The maximum Gasteiger partial charge on any atom is 0.0716 e. The van der Waals surface area contributed by atoms with Gasteiger partial charge in [0.2, 0.25) is 0 Å². The molecule has 2 saturated carbocycles. The first-order valence-corrected chi connectivity index (χ1v) is 8.79. The number of rotatable bonds is 3. The van der Waals surface area contributed by atoms with Crippen LogP contribution in [-0.4, -0.2) is 17.3 Å². The standard InChI is InChI=1S/C18H35NO/c1-4-15-7-5-9-17(13-15,14-19)18(20)10-6-8-16(2,3)11-12-18/h15,20H,4-14,19H2,1-3H3. The van der Waals surface area contributed by atoms with Gasteiger partial charge < -0.3 is 10.8 Å². The van der Waals surface area contributed by atoms with Gasteiger partial charge in [0.25, 0.3) is 0 Å². The van der Waals surface area contributed by atoms with E-state index in [1.165, 1.54) is 25.7 Å². The average molecular weight is 281 g/mol. The highest BCUT2D eigenvalue weighted by Gasteiger charge is 2.51. The summed E-state index contributed by atoms with van der Waals surface area (Å²) < 4.78 is 0. The molecule has 2 fully saturated rings. The normalized spacial score (nSPS) is 42.1. The molecule has 0 saturated heterocycles. The zero-order valence-corrected chi connectivity index (χ0v) is 13.9. The molecule has 3 N–H and O–H groups in total. The zero-order chi connectivity index (χ0) is 14.9. The van der Waals surface area contributed by atoms with E-state index in [-0.39, 0.29) is 5.41 Å². The molecular formula is C18H35NO. The Labute approximate surface area is 125 Å². The summed E-state index contributed by atoms with van der Waals surface area (Å²) in [5.41, 5.74) is 6.10. The van der Waals surface area contributed by atoms with Crippen molar-refractivity contribution in [3.8, 4) is 0 Å². The fourth-order valence-corrected chi connectivity index (χ4v) is 4.82. The summed E-state index contributed by atoms with van der Waals surface area (Å²) in [5.74, 6) is 0.771. The third kappa shape index (κ3) is 3.06. The summed E-state index contributed by atoms with van der Waals surface area (Å²) in [5, 5.41) is 11.5. The van der Waals surface area contributed by atoms with Crippen LogP contribution in [0.25, 0.3) is 0 Å². The molecular weight excluding hydrogens is 246 g/mol. The van der Waals surface area contributed by atoms with Crippen LogP contribution in [0.5, 0.6) is 0 Å². The number of nitrogens with two attached hydrogens (primary N) is 1. The molecule has 2 aliphatic carbocycles. The Morgan fingerprint density at radius 2 is 1.80 bits per heavy atom. The van der Waals surface area contributed by atoms with Crippen molar-refractivity contribution in [2.24, 2.45) is 22.5 Å². The fraction of sp³-hybridized carbons (Fsp3) is 1.00. The van der Waals surface area contributed by atoms with Gasteiger partial charge in [-0.15, -0.1) is 0 Å². The van der Waals surface area contributed by atoms with Crippen molar-refractivity contribution in [3.63, 3.8) is 0 Å². The Hall–Kier alpha value is -0.0800. The third-order valence-corrected chi connectivity index (χ3v) is 6.56. The summed E-state index contributed by atoms with van der Waals surface area (Å²) in [6.45, 7) is 7.66. The maximum atomic E-state index is 11.5. The fourth-order valence-electron chi connectivity index (χ4n) is 4.82. The van der Waals surface area contributed by atoms with E-state index in [0.717, 1.165) is 44.4 Å². The average Bonchev–Trinajstić information content (AvgIpc) is 2.58. The van der Waals surface area contributed by atoms with Gasteiger partial charge in [0, 0.05) is 12.0 Å². The second-order valence-corrected chi connectivity index (χ2v) is 8.40. The van der Waals surface area contributed by atoms with Crippen molar-refractivity contribution in [2.75, 3.05) is 6.54 Å². The van der Waals surface area contributed by atoms with Crippen LogP contribution in [0.15, 0.2) is 0 Å². The van der Waals surface area contributed by atoms with E-state index in [9.17, 15) is 5.11 Å². The molecule has 0 aliphatic heterocycles. The van der Waals surface area contributed by atoms with Gasteiger partial charge in [0.05, 0.1) is 5.60 Å². The third-order valence-electron chi connectivity index (χ3n) is 6.56. The molecule has 2 heteroatoms. The molecule has 0 aromatic heterocycles. The van der Waals surface area contributed by atoms with E-state index >= 15 is 0 Å². The second-order valence-electron chi connectivity index (χ2n) is 8.40. The number of hydrogen-bond acceptors (Lipinski definition) is 2. The molecule has 0 aromatic carbocycles. The molecule has 0 spiro atoms. The largest absolute Gasteiger partial charge is 0.389 e. The van der Waals surface area contributed by atoms with Crippen molar-refractivity contribution >= 4 is 0 Å². The number of aliphatic hydroxyl groups is 1. The Morgan fingerprint density at radius 3 is 2.45 bits per heavy atom. The van der Waals surface area contributed by atoms with E-state index < -0.39 is 5.60 Å². The van der Waals surface area contributed by atoms with Crippen LogP contribution in [0.1, 0.15) is 85.0 Å². The summed E-state index contributed by atoms with van der Waals surface area (Å²) in [7, 11) is 0. The van der Waals surface area contributed by atoms with Gasteiger partial charge in [-0.1, -0.05) is 46.5 Å². The molecule has 0 heterocycles. The van der Waals surface area contributed by atoms with E-state index in [2.05, 4.69) is 20.8 Å². The summed E-state index contributed by atoms with van der Waals surface area (Å²) in [6, 6.07) is 0. The second kappa shape index (κ2) is 5.96. The summed E-state index contributed by atoms with van der Waals surface area (Å²) >= 11 is 0. The van der Waals surface area contributed by atoms with Crippen LogP contribution in [0, 0.1) is 16.7 Å². The van der Waals surface area contributed by atoms with E-state index in [0.29, 0.717) is 12.0 Å². The van der Waals surface area contributed by atoms with E-state index in [4.69, 9.17) is 5.73 Å². The molecule has 0 bridgehead atoms. The smallest absolute Gasteiger partial charge is 0.0716 e. The molecule has 0 amide bonds. The first kappa shape index (κ1) is 16.3. The minimum Gasteiger partial charge on any atom is -0.389 e. The lowest BCUT2D eigenvalue weighted by atomic mass is 9.58. The van der Waals surface area contributed by atoms with Crippen molar-refractivity contribution in [2.45, 2.75) is 90.6 Å². The van der Waals surface area contributed by atoms with Gasteiger partial charge >= 0.3 is 0 Å². The molecule has 0 aromatic rings. The topological polar surface area (TPSA) is 46.2 Å². The Kier molecular flexibility index (Phi) is 4.86. The van der Waals surface area contributed by atoms with Gasteiger partial charge in [-0.05, 0) is 49.9 Å². The monoisotopic (exact) mass is 281 g/mol. The molecule has 2 nitrogen and oxygen atoms in total. The first-order chi connectivity index (χ1) is 9.36. The predicted molar refractivity (Wildman–Crippen MR) is 85.6 cm³/mol. The molecule has 3 atom stereocenters. The van der Waals surface area contributed by atoms with Gasteiger partial charge in [0.15, 0.2) is 0 Å². The van der Waals surface area contributed by atoms with Crippen LogP contribution in [0.2, 0.25) is 0 Å². The van der Waals surface area contributed by atoms with E-state index in [1.807, 2.05) is 0 Å². The van der Waals surface area contributed by atoms with Crippen molar-refractivity contribution in [3.05, 3.63) is 0 Å². The highest BCUT2D eigenvalue weighted by Crippen LogP contribution is 2.53. The molecule has 118 valence electrons. The molecule has 2 aliphatic rings. The highest BCUT2D eigenvalue weighted by molar-refractivity contribution is 5.04. The van der Waals surface area contributed by atoms with Crippen molar-refractivity contribution < 1.29 is 5.11 Å². The van der Waals surface area contributed by atoms with Crippen LogP contribution < -0.4 is 5.73 Å². The SMILES string of the molecule is CCC1CCCC(CN)(C2(O)CCCC(C)(C)CC2)C1. The van der Waals surface area contributed by atoms with Crippen molar-refractivity contribution in [1.29, 1.82) is 0 Å². The lowest BCUT2D eigenvalue weighted by Crippen LogP contribution is -2.54. The number of hydrogen-bond donors (Lipinski definition) is 2. The Balaban J connectivity index is 2.20. The highest BCUT2D eigenvalue weighted by atomic mass is 16.3. The maximum absolute atomic E-state index is 11.5. The van der Waals surface area contributed by atoms with Gasteiger partial charge in [-0.3, -0.25) is 0 Å². The van der Waals surface area contributed by atoms with Gasteiger partial charge in [-0.25, -0.2) is 0 Å². The Morgan fingerprint density at radius 1 is 1.05 bits per heavy atom.